The molecule has 0 saturated heterocycles. The monoisotopic (exact) mass is 274 g/mol. The molecule has 0 bridgehead atoms. The van der Waals surface area contributed by atoms with Gasteiger partial charge < -0.3 is 0 Å². The number of hydrazine groups is 1. The molecule has 0 radical (unpaired) electrons. The number of hydrogen-bond donors (Lipinski definition) is 2. The van der Waals surface area contributed by atoms with Gasteiger partial charge in [0.1, 0.15) is 11.2 Å². The van der Waals surface area contributed by atoms with Gasteiger partial charge >= 0.3 is 0 Å². The second-order valence-electron chi connectivity index (χ2n) is 4.99. The maximum absolute atomic E-state index is 5.52. The highest BCUT2D eigenvalue weighted by molar-refractivity contribution is 7.19. The van der Waals surface area contributed by atoms with Crippen LogP contribution in [-0.4, -0.2) is 19.6 Å². The van der Waals surface area contributed by atoms with Crippen LogP contribution in [-0.2, 0) is 6.42 Å². The number of aryl methyl sites for hydroxylation is 1. The van der Waals surface area contributed by atoms with E-state index in [0.717, 1.165) is 22.3 Å². The molecule has 1 atom stereocenters. The molecule has 0 saturated carbocycles. The number of aromatic nitrogens is 4. The van der Waals surface area contributed by atoms with Gasteiger partial charge in [0.2, 0.25) is 5.95 Å². The highest BCUT2D eigenvalue weighted by atomic mass is 32.1. The van der Waals surface area contributed by atoms with Gasteiger partial charge in [0.25, 0.3) is 0 Å². The van der Waals surface area contributed by atoms with Gasteiger partial charge in [0.15, 0.2) is 5.65 Å². The third-order valence-electron chi connectivity index (χ3n) is 3.85. The lowest BCUT2D eigenvalue weighted by Gasteiger charge is -2.18. The zero-order valence-corrected chi connectivity index (χ0v) is 11.4. The van der Waals surface area contributed by atoms with Crippen molar-refractivity contribution >= 4 is 33.1 Å². The maximum atomic E-state index is 5.52. The van der Waals surface area contributed by atoms with Gasteiger partial charge in [0.05, 0.1) is 5.39 Å². The van der Waals surface area contributed by atoms with Crippen LogP contribution in [0, 0.1) is 0 Å². The number of nitrogens with zero attached hydrogens (tertiary/aromatic N) is 4. The number of fused-ring (bicyclic) bond motifs is 5. The number of hydrogen-bond acceptors (Lipinski definition) is 6. The number of nitrogens with two attached hydrogens (primary N) is 1. The standard InChI is InChI=1S/C12H14N6S/c1-6-3-2-4-7-8(6)9-10-14-5-15-18(10)12(17-13)16-11(9)19-7/h5-6H,2-4,13H2,1H3,(H,16,17). The second-order valence-corrected chi connectivity index (χ2v) is 6.07. The smallest absolute Gasteiger partial charge is 0.241 e. The first-order valence-electron chi connectivity index (χ1n) is 6.41. The summed E-state index contributed by atoms with van der Waals surface area (Å²) in [6.45, 7) is 2.28. The minimum atomic E-state index is 0.534. The lowest BCUT2D eigenvalue weighted by atomic mass is 9.87. The van der Waals surface area contributed by atoms with Crippen LogP contribution in [0.15, 0.2) is 6.33 Å². The molecule has 0 aromatic carbocycles. The molecule has 6 nitrogen and oxygen atoms in total. The average Bonchev–Trinajstić information content (AvgIpc) is 3.01. The predicted molar refractivity (Wildman–Crippen MR) is 75.3 cm³/mol. The summed E-state index contributed by atoms with van der Waals surface area (Å²) in [5.74, 6) is 6.62. The lowest BCUT2D eigenvalue weighted by Crippen LogP contribution is -2.13. The molecule has 7 heteroatoms. The number of nitrogens with one attached hydrogen (secondary N) is 1. The molecule has 3 aromatic heterocycles. The van der Waals surface area contributed by atoms with Crippen LogP contribution in [0.4, 0.5) is 5.95 Å². The molecule has 0 aliphatic heterocycles. The molecule has 0 spiro atoms. The molecule has 1 aliphatic carbocycles. The van der Waals surface area contributed by atoms with Crippen molar-refractivity contribution in [1.82, 2.24) is 19.6 Å². The van der Waals surface area contributed by atoms with Gasteiger partial charge in [-0.05, 0) is 30.7 Å². The molecular formula is C12H14N6S. The molecular weight excluding hydrogens is 260 g/mol. The third-order valence-corrected chi connectivity index (χ3v) is 5.00. The molecule has 0 amide bonds. The van der Waals surface area contributed by atoms with Gasteiger partial charge in [-0.15, -0.1) is 11.3 Å². The maximum Gasteiger partial charge on any atom is 0.241 e. The van der Waals surface area contributed by atoms with Crippen LogP contribution in [0.1, 0.15) is 36.1 Å². The Morgan fingerprint density at radius 2 is 2.42 bits per heavy atom. The molecule has 3 heterocycles. The van der Waals surface area contributed by atoms with Crippen LogP contribution in [0.3, 0.4) is 0 Å². The molecule has 3 aromatic rings. The molecule has 19 heavy (non-hydrogen) atoms. The minimum Gasteiger partial charge on any atom is -0.292 e. The first-order valence-corrected chi connectivity index (χ1v) is 7.23. The summed E-state index contributed by atoms with van der Waals surface area (Å²) in [6.07, 6.45) is 5.18. The van der Waals surface area contributed by atoms with E-state index in [2.05, 4.69) is 27.4 Å². The van der Waals surface area contributed by atoms with Gasteiger partial charge in [-0.2, -0.15) is 9.61 Å². The summed E-state index contributed by atoms with van der Waals surface area (Å²) in [4.78, 5) is 11.4. The van der Waals surface area contributed by atoms with Crippen LogP contribution in [0.25, 0.3) is 15.9 Å². The fraction of sp³-hybridized carbons (Fsp3) is 0.417. The van der Waals surface area contributed by atoms with E-state index in [-0.39, 0.29) is 0 Å². The van der Waals surface area contributed by atoms with Crippen LogP contribution in [0.5, 0.6) is 0 Å². The molecule has 98 valence electrons. The SMILES string of the molecule is CC1CCCc2sc3nc(NN)n4ncnc4c3c21. The van der Waals surface area contributed by atoms with Crippen LogP contribution in [0.2, 0.25) is 0 Å². The fourth-order valence-electron chi connectivity index (χ4n) is 3.00. The van der Waals surface area contributed by atoms with Gasteiger partial charge in [0, 0.05) is 4.88 Å². The summed E-state index contributed by atoms with van der Waals surface area (Å²) in [7, 11) is 0. The highest BCUT2D eigenvalue weighted by Crippen LogP contribution is 2.43. The first-order chi connectivity index (χ1) is 9.29. The third kappa shape index (κ3) is 1.42. The molecule has 1 aliphatic rings. The Kier molecular flexibility index (Phi) is 2.27. The zero-order valence-electron chi connectivity index (χ0n) is 10.6. The highest BCUT2D eigenvalue weighted by Gasteiger charge is 2.25. The van der Waals surface area contributed by atoms with E-state index in [1.165, 1.54) is 23.3 Å². The summed E-state index contributed by atoms with van der Waals surface area (Å²) in [5.41, 5.74) is 4.86. The topological polar surface area (TPSA) is 81.1 Å². The Morgan fingerprint density at radius 3 is 3.26 bits per heavy atom. The van der Waals surface area contributed by atoms with E-state index >= 15 is 0 Å². The Hall–Kier alpha value is -1.73. The number of thiophene rings is 1. The van der Waals surface area contributed by atoms with E-state index < -0.39 is 0 Å². The van der Waals surface area contributed by atoms with Crippen molar-refractivity contribution in [2.75, 3.05) is 5.43 Å². The largest absolute Gasteiger partial charge is 0.292 e. The number of anilines is 1. The fourth-order valence-corrected chi connectivity index (χ4v) is 4.32. The van der Waals surface area contributed by atoms with E-state index in [1.54, 1.807) is 22.2 Å². The van der Waals surface area contributed by atoms with Crippen molar-refractivity contribution in [3.63, 3.8) is 0 Å². The van der Waals surface area contributed by atoms with Crippen molar-refractivity contribution in [2.24, 2.45) is 5.84 Å². The van der Waals surface area contributed by atoms with Crippen LogP contribution < -0.4 is 11.3 Å². The van der Waals surface area contributed by atoms with E-state index in [4.69, 9.17) is 5.84 Å². The Balaban J connectivity index is 2.18. The van der Waals surface area contributed by atoms with Crippen molar-refractivity contribution < 1.29 is 0 Å². The molecule has 3 N–H and O–H groups in total. The molecule has 1 unspecified atom stereocenters. The second kappa shape index (κ2) is 3.88. The molecule has 4 rings (SSSR count). The van der Waals surface area contributed by atoms with Crippen molar-refractivity contribution in [3.8, 4) is 0 Å². The number of rotatable bonds is 1. The predicted octanol–water partition coefficient (Wildman–Crippen LogP) is 2.06. The quantitative estimate of drug-likeness (QED) is 0.524. The van der Waals surface area contributed by atoms with Gasteiger partial charge in [-0.25, -0.2) is 15.8 Å². The molecule has 0 fully saturated rings. The Bertz CT molecular complexity index is 773. The summed E-state index contributed by atoms with van der Waals surface area (Å²) < 4.78 is 1.68. The summed E-state index contributed by atoms with van der Waals surface area (Å²) in [5, 5.41) is 5.35. The Morgan fingerprint density at radius 1 is 1.53 bits per heavy atom. The van der Waals surface area contributed by atoms with E-state index in [9.17, 15) is 0 Å². The van der Waals surface area contributed by atoms with E-state index in [1.807, 2.05) is 0 Å². The van der Waals surface area contributed by atoms with Crippen molar-refractivity contribution in [2.45, 2.75) is 32.1 Å². The normalized spacial score (nSPS) is 18.9. The first kappa shape index (κ1) is 11.1. The average molecular weight is 274 g/mol. The number of nitrogen functional groups attached to an aromatic ring is 1. The van der Waals surface area contributed by atoms with Crippen molar-refractivity contribution in [3.05, 3.63) is 16.8 Å². The summed E-state index contributed by atoms with van der Waals surface area (Å²) >= 11 is 1.76. The summed E-state index contributed by atoms with van der Waals surface area (Å²) in [6, 6.07) is 0. The van der Waals surface area contributed by atoms with Gasteiger partial charge in [-0.1, -0.05) is 6.92 Å². The zero-order chi connectivity index (χ0) is 13.0. The van der Waals surface area contributed by atoms with Gasteiger partial charge in [-0.3, -0.25) is 5.43 Å². The Labute approximate surface area is 113 Å². The van der Waals surface area contributed by atoms with E-state index in [0.29, 0.717) is 11.9 Å². The van der Waals surface area contributed by atoms with Crippen LogP contribution >= 0.6 is 11.3 Å². The lowest BCUT2D eigenvalue weighted by molar-refractivity contribution is 0.602. The minimum absolute atomic E-state index is 0.534. The van der Waals surface area contributed by atoms with Crippen molar-refractivity contribution in [1.29, 1.82) is 0 Å².